The number of aliphatic hydroxyl groups is 1. The van der Waals surface area contributed by atoms with Gasteiger partial charge in [-0.05, 0) is 96.5 Å². The summed E-state index contributed by atoms with van der Waals surface area (Å²) in [5.74, 6) is -4.57. The zero-order valence-electron chi connectivity index (χ0n) is 28.2. The summed E-state index contributed by atoms with van der Waals surface area (Å²) >= 11 is 4.29. The third-order valence-electron chi connectivity index (χ3n) is 10.5. The van der Waals surface area contributed by atoms with Crippen molar-refractivity contribution in [3.8, 4) is 33.7 Å². The summed E-state index contributed by atoms with van der Waals surface area (Å²) in [6.45, 7) is 0. The SMILES string of the molecule is N#CC(C#N)=C1/C(=C/c2cc3sc4c(c3s2)OC2(CCCCC2)c2cc(/C=C3\C(=O)c5cc(F)c(F)cc5\C3=C(/N)C#N)sc2-4)C(O)c2cc(F)c(F)cc21. The first kappa shape index (κ1) is 34.9. The molecule has 1 saturated carbocycles. The molecule has 4 heterocycles. The van der Waals surface area contributed by atoms with E-state index in [-0.39, 0.29) is 55.8 Å². The second-order valence-electron chi connectivity index (χ2n) is 13.6. The van der Waals surface area contributed by atoms with Crippen molar-refractivity contribution >= 4 is 72.5 Å². The van der Waals surface area contributed by atoms with Gasteiger partial charge in [-0.1, -0.05) is 6.42 Å². The molecule has 5 aromatic rings. The monoisotopic (exact) mass is 790 g/mol. The van der Waals surface area contributed by atoms with E-state index in [1.54, 1.807) is 12.2 Å². The van der Waals surface area contributed by atoms with Gasteiger partial charge in [0.15, 0.2) is 34.8 Å². The van der Waals surface area contributed by atoms with E-state index in [9.17, 15) is 43.2 Å². The maximum absolute atomic E-state index is 14.3. The van der Waals surface area contributed by atoms with Crippen LogP contribution in [0.1, 0.15) is 80.6 Å². The van der Waals surface area contributed by atoms with Crippen LogP contribution in [0.4, 0.5) is 17.6 Å². The number of hydrogen-bond acceptors (Lipinski definition) is 10. The summed E-state index contributed by atoms with van der Waals surface area (Å²) in [6.07, 6.45) is 6.17. The summed E-state index contributed by atoms with van der Waals surface area (Å²) in [5.41, 5.74) is 6.14. The molecule has 0 radical (unpaired) electrons. The molecule has 1 fully saturated rings. The Kier molecular flexibility index (Phi) is 8.01. The molecule has 14 heteroatoms. The molecule has 0 saturated heterocycles. The van der Waals surface area contributed by atoms with Crippen LogP contribution in [0.5, 0.6) is 5.75 Å². The zero-order valence-corrected chi connectivity index (χ0v) is 30.6. The number of allylic oxidation sites excluding steroid dienone is 4. The van der Waals surface area contributed by atoms with E-state index in [2.05, 4.69) is 0 Å². The van der Waals surface area contributed by atoms with E-state index < -0.39 is 40.8 Å². The number of fused-ring (bicyclic) bond motifs is 8. The molecular formula is C41H22F4N4O3S3. The van der Waals surface area contributed by atoms with Gasteiger partial charge in [0.1, 0.15) is 41.2 Å². The number of aliphatic hydroxyl groups excluding tert-OH is 1. The Labute approximate surface area is 322 Å². The molecule has 0 bridgehead atoms. The summed E-state index contributed by atoms with van der Waals surface area (Å²) < 4.78 is 65.9. The van der Waals surface area contributed by atoms with Crippen molar-refractivity contribution in [2.24, 2.45) is 5.73 Å². The predicted octanol–water partition coefficient (Wildman–Crippen LogP) is 10.2. The standard InChI is InChI=1S/C41H22F4N4O3S3/c42-27-10-20-22(12-29(27)44)35(50)24(33(20)17(14-46)15-47)7-19-9-32-39(54-19)37-40(55-32)38-26(41(52-37)4-2-1-3-5-41)8-18(53-38)6-25-34(31(49)16-48)21-11-28(43)30(45)13-23(21)36(25)51/h6-13,35,50H,1-5,49H2/b24-7-,25-6-,34-31+. The highest BCUT2D eigenvalue weighted by Crippen LogP contribution is 2.61. The molecule has 270 valence electrons. The lowest BCUT2D eigenvalue weighted by atomic mass is 9.78. The van der Waals surface area contributed by atoms with E-state index in [0.717, 1.165) is 81.1 Å². The highest BCUT2D eigenvalue weighted by atomic mass is 32.1. The lowest BCUT2D eigenvalue weighted by Crippen LogP contribution is -2.37. The van der Waals surface area contributed by atoms with Crippen molar-refractivity contribution in [1.82, 2.24) is 0 Å². The van der Waals surface area contributed by atoms with Gasteiger partial charge < -0.3 is 15.6 Å². The van der Waals surface area contributed by atoms with Gasteiger partial charge in [-0.25, -0.2) is 17.6 Å². The Balaban J connectivity index is 1.17. The molecule has 1 spiro atoms. The van der Waals surface area contributed by atoms with Crippen molar-refractivity contribution in [1.29, 1.82) is 15.8 Å². The molecule has 7 nitrogen and oxygen atoms in total. The van der Waals surface area contributed by atoms with E-state index in [1.807, 2.05) is 30.3 Å². The number of ether oxygens (including phenoxy) is 1. The fourth-order valence-corrected chi connectivity index (χ4v) is 11.9. The van der Waals surface area contributed by atoms with Crippen LogP contribution in [0.15, 0.2) is 58.8 Å². The van der Waals surface area contributed by atoms with Gasteiger partial charge in [-0.3, -0.25) is 4.79 Å². The molecule has 2 aromatic carbocycles. The molecule has 55 heavy (non-hydrogen) atoms. The van der Waals surface area contributed by atoms with Gasteiger partial charge in [0.2, 0.25) is 0 Å². The number of rotatable bonds is 2. The van der Waals surface area contributed by atoms with Gasteiger partial charge in [0.05, 0.1) is 19.2 Å². The van der Waals surface area contributed by atoms with Crippen molar-refractivity contribution in [3.05, 3.63) is 120 Å². The van der Waals surface area contributed by atoms with Crippen molar-refractivity contribution < 1.29 is 32.2 Å². The summed E-state index contributed by atoms with van der Waals surface area (Å²) in [5, 5.41) is 40.4. The zero-order chi connectivity index (χ0) is 38.5. The van der Waals surface area contributed by atoms with Gasteiger partial charge in [0, 0.05) is 37.6 Å². The molecule has 3 N–H and O–H groups in total. The number of hydrogen-bond donors (Lipinski definition) is 2. The summed E-state index contributed by atoms with van der Waals surface area (Å²) in [7, 11) is 0. The Morgan fingerprint density at radius 3 is 2.15 bits per heavy atom. The number of Topliss-reactive ketones (excluding diaryl/α,β-unsaturated/α-hetero) is 1. The fraction of sp³-hybridized carbons (Fsp3) is 0.171. The van der Waals surface area contributed by atoms with Gasteiger partial charge >= 0.3 is 0 Å². The molecular weight excluding hydrogens is 769 g/mol. The quantitative estimate of drug-likeness (QED) is 0.103. The van der Waals surface area contributed by atoms with Crippen LogP contribution in [-0.4, -0.2) is 10.9 Å². The van der Waals surface area contributed by atoms with Crippen LogP contribution in [0, 0.1) is 57.3 Å². The predicted molar refractivity (Wildman–Crippen MR) is 201 cm³/mol. The van der Waals surface area contributed by atoms with Crippen LogP contribution < -0.4 is 10.5 Å². The Morgan fingerprint density at radius 2 is 1.45 bits per heavy atom. The maximum Gasteiger partial charge on any atom is 0.194 e. The number of carbonyl (C=O) groups is 1. The van der Waals surface area contributed by atoms with Crippen LogP contribution in [0.25, 0.3) is 42.5 Å². The van der Waals surface area contributed by atoms with E-state index in [1.165, 1.54) is 34.0 Å². The van der Waals surface area contributed by atoms with Crippen LogP contribution in [-0.2, 0) is 5.60 Å². The van der Waals surface area contributed by atoms with E-state index >= 15 is 0 Å². The number of benzene rings is 2. The average molecular weight is 791 g/mol. The number of carbonyl (C=O) groups excluding carboxylic acids is 1. The smallest absolute Gasteiger partial charge is 0.194 e. The van der Waals surface area contributed by atoms with E-state index in [0.29, 0.717) is 15.5 Å². The number of nitrogens with two attached hydrogens (primary N) is 1. The molecule has 1 aliphatic heterocycles. The summed E-state index contributed by atoms with van der Waals surface area (Å²) in [6, 6.07) is 12.8. The second-order valence-corrected chi connectivity index (χ2v) is 16.8. The molecule has 1 atom stereocenters. The van der Waals surface area contributed by atoms with Gasteiger partial charge in [-0.15, -0.1) is 34.0 Å². The number of nitrogens with zero attached hydrogens (tertiary/aromatic N) is 3. The molecule has 9 rings (SSSR count). The maximum atomic E-state index is 14.3. The first-order chi connectivity index (χ1) is 26.5. The highest BCUT2D eigenvalue weighted by Gasteiger charge is 2.45. The molecule has 3 aliphatic carbocycles. The van der Waals surface area contributed by atoms with Crippen molar-refractivity contribution in [3.63, 3.8) is 0 Å². The largest absolute Gasteiger partial charge is 0.479 e. The Bertz CT molecular complexity index is 2850. The highest BCUT2D eigenvalue weighted by molar-refractivity contribution is 7.32. The number of halogens is 4. The lowest BCUT2D eigenvalue weighted by molar-refractivity contribution is 0.0267. The second kappa shape index (κ2) is 12.6. The van der Waals surface area contributed by atoms with Crippen molar-refractivity contribution in [2.45, 2.75) is 43.8 Å². The van der Waals surface area contributed by atoms with Crippen LogP contribution in [0.3, 0.4) is 0 Å². The van der Waals surface area contributed by atoms with Gasteiger partial charge in [0.25, 0.3) is 0 Å². The Morgan fingerprint density at radius 1 is 0.800 bits per heavy atom. The minimum Gasteiger partial charge on any atom is -0.479 e. The summed E-state index contributed by atoms with van der Waals surface area (Å²) in [4.78, 5) is 16.8. The van der Waals surface area contributed by atoms with Crippen LogP contribution in [0.2, 0.25) is 0 Å². The third-order valence-corrected chi connectivity index (χ3v) is 14.1. The molecule has 3 aromatic heterocycles. The molecule has 1 unspecified atom stereocenters. The van der Waals surface area contributed by atoms with Crippen molar-refractivity contribution in [2.75, 3.05) is 0 Å². The number of thiophene rings is 3. The minimum absolute atomic E-state index is 0.0427. The molecule has 0 amide bonds. The topological polar surface area (TPSA) is 144 Å². The number of ketones is 1. The first-order valence-electron chi connectivity index (χ1n) is 17.0. The van der Waals surface area contributed by atoms with Crippen LogP contribution >= 0.6 is 34.0 Å². The first-order valence-corrected chi connectivity index (χ1v) is 19.4. The fourth-order valence-electron chi connectivity index (χ4n) is 8.09. The Hall–Kier alpha value is -5.82. The van der Waals surface area contributed by atoms with E-state index in [4.69, 9.17) is 10.5 Å². The van der Waals surface area contributed by atoms with Gasteiger partial charge in [-0.2, -0.15) is 15.8 Å². The minimum atomic E-state index is -1.41. The lowest BCUT2D eigenvalue weighted by Gasteiger charge is -2.40. The molecule has 4 aliphatic rings. The number of nitriles is 3. The average Bonchev–Trinajstić information content (AvgIpc) is 3.97. The third kappa shape index (κ3) is 5.15. The normalized spacial score (nSPS) is 20.1.